The number of hydrogen-bond acceptors (Lipinski definition) is 2. The van der Waals surface area contributed by atoms with Gasteiger partial charge in [0.25, 0.3) is 0 Å². The summed E-state index contributed by atoms with van der Waals surface area (Å²) < 4.78 is 5.27. The first-order valence-corrected chi connectivity index (χ1v) is 10.7. The average molecular weight is 258 g/mol. The molecule has 0 aromatic rings. The van der Waals surface area contributed by atoms with Gasteiger partial charge in [-0.15, -0.1) is 0 Å². The molecule has 0 saturated carbocycles. The first kappa shape index (κ1) is 12.1. The predicted molar refractivity (Wildman–Crippen MR) is 48.9 cm³/mol. The molecule has 0 radical (unpaired) electrons. The molecule has 0 aromatic carbocycles. The van der Waals surface area contributed by atoms with Crippen LogP contribution in [0.1, 0.15) is 27.7 Å². The van der Waals surface area contributed by atoms with Crippen LogP contribution < -0.4 is 0 Å². The number of halogens is 2. The van der Waals surface area contributed by atoms with E-state index in [4.69, 9.17) is 22.8 Å². The number of rotatable bonds is 3. The number of aliphatic hydroxyl groups is 1. The van der Waals surface area contributed by atoms with Crippen molar-refractivity contribution in [3.63, 3.8) is 0 Å². The second kappa shape index (κ2) is 3.90. The van der Waals surface area contributed by atoms with E-state index in [0.29, 0.717) is 0 Å². The number of hydrogen-bond donors (Lipinski definition) is 1. The van der Waals surface area contributed by atoms with Gasteiger partial charge in [-0.2, -0.15) is 0 Å². The zero-order valence-corrected chi connectivity index (χ0v) is 11.1. The van der Waals surface area contributed by atoms with Crippen molar-refractivity contribution in [3.8, 4) is 0 Å². The van der Waals surface area contributed by atoms with E-state index >= 15 is 0 Å². The Hall–Kier alpha value is 1.14. The first-order chi connectivity index (χ1) is 4.67. The van der Waals surface area contributed by atoms with E-state index in [0.717, 1.165) is 0 Å². The van der Waals surface area contributed by atoms with Crippen LogP contribution in [0.15, 0.2) is 0 Å². The summed E-state index contributed by atoms with van der Waals surface area (Å²) in [7, 11) is 11.2. The molecule has 0 rings (SSSR count). The van der Waals surface area contributed by atoms with Gasteiger partial charge in [0, 0.05) is 0 Å². The molecule has 0 saturated heterocycles. The van der Waals surface area contributed by atoms with Crippen molar-refractivity contribution in [2.24, 2.45) is 0 Å². The van der Waals surface area contributed by atoms with E-state index in [1.807, 2.05) is 0 Å². The Morgan fingerprint density at radius 3 is 1.64 bits per heavy atom. The van der Waals surface area contributed by atoms with E-state index in [2.05, 4.69) is 0 Å². The summed E-state index contributed by atoms with van der Waals surface area (Å²) in [6.45, 7) is 6.89. The average Bonchev–Trinajstić information content (AvgIpc) is 1.56. The van der Waals surface area contributed by atoms with Crippen molar-refractivity contribution < 1.29 is 8.64 Å². The fourth-order valence-electron chi connectivity index (χ4n) is 0.367. The predicted octanol–water partition coefficient (Wildman–Crippen LogP) is 2.01. The van der Waals surface area contributed by atoms with Crippen LogP contribution in [-0.2, 0) is 3.53 Å². The summed E-state index contributed by atoms with van der Waals surface area (Å²) in [5.74, 6) is 0. The molecule has 0 aliphatic rings. The molecule has 1 N–H and O–H groups in total. The van der Waals surface area contributed by atoms with E-state index in [1.54, 1.807) is 27.7 Å². The Kier molecular flexibility index (Phi) is 4.30. The minimum absolute atomic E-state index is 0.666. The first-order valence-electron chi connectivity index (χ1n) is 3.35. The molecule has 0 fully saturated rings. The van der Waals surface area contributed by atoms with Crippen molar-refractivity contribution in [2.45, 2.75) is 38.9 Å². The van der Waals surface area contributed by atoms with Crippen molar-refractivity contribution in [3.05, 3.63) is 0 Å². The molecule has 0 aliphatic carbocycles. The van der Waals surface area contributed by atoms with Gasteiger partial charge in [-0.25, -0.2) is 0 Å². The summed E-state index contributed by atoms with van der Waals surface area (Å²) in [5.41, 5.74) is -1.58. The van der Waals surface area contributed by atoms with Crippen LogP contribution in [0.5, 0.6) is 0 Å². The quantitative estimate of drug-likeness (QED) is 0.784. The van der Waals surface area contributed by atoms with E-state index in [1.165, 1.54) is 0 Å². The monoisotopic (exact) mass is 256 g/mol. The van der Waals surface area contributed by atoms with Crippen molar-refractivity contribution in [1.29, 1.82) is 0 Å². The SMILES string of the molecule is CC(C)(O)C(C)(C)[O][Ga]([Cl])[Cl]. The van der Waals surface area contributed by atoms with Gasteiger partial charge >= 0.3 is 81.4 Å². The molecule has 0 amide bonds. The third-order valence-corrected chi connectivity index (χ3v) is 4.39. The molecule has 0 bridgehead atoms. The van der Waals surface area contributed by atoms with Crippen LogP contribution in [0.4, 0.5) is 0 Å². The van der Waals surface area contributed by atoms with Crippen LogP contribution in [-0.4, -0.2) is 30.9 Å². The van der Waals surface area contributed by atoms with Crippen molar-refractivity contribution in [2.75, 3.05) is 0 Å². The Balaban J connectivity index is 4.22. The van der Waals surface area contributed by atoms with Crippen molar-refractivity contribution in [1.82, 2.24) is 0 Å². The zero-order chi connectivity index (χ0) is 9.28. The molecule has 0 heterocycles. The van der Waals surface area contributed by atoms with Crippen LogP contribution in [0.2, 0.25) is 0 Å². The van der Waals surface area contributed by atoms with Gasteiger partial charge in [0.1, 0.15) is 0 Å². The van der Waals surface area contributed by atoms with Gasteiger partial charge in [0.2, 0.25) is 0 Å². The summed E-state index contributed by atoms with van der Waals surface area (Å²) in [4.78, 5) is 0. The Morgan fingerprint density at radius 1 is 1.18 bits per heavy atom. The molecule has 66 valence electrons. The second-order valence-electron chi connectivity index (χ2n) is 3.45. The van der Waals surface area contributed by atoms with E-state index < -0.39 is 25.8 Å². The molecule has 0 unspecified atom stereocenters. The molecular formula is C6H13Cl2GaO2. The molecular weight excluding hydrogens is 245 g/mol. The zero-order valence-electron chi connectivity index (χ0n) is 7.19. The molecule has 0 aliphatic heterocycles. The summed E-state index contributed by atoms with van der Waals surface area (Å²) in [6.07, 6.45) is 0. The molecule has 2 nitrogen and oxygen atoms in total. The summed E-state index contributed by atoms with van der Waals surface area (Å²) in [6, 6.07) is 0. The van der Waals surface area contributed by atoms with Gasteiger partial charge in [-0.3, -0.25) is 0 Å². The maximum atomic E-state index is 9.58. The van der Waals surface area contributed by atoms with Gasteiger partial charge in [-0.05, 0) is 0 Å². The van der Waals surface area contributed by atoms with E-state index in [9.17, 15) is 5.11 Å². The second-order valence-corrected chi connectivity index (χ2v) is 10.3. The molecule has 0 atom stereocenters. The van der Waals surface area contributed by atoms with Gasteiger partial charge < -0.3 is 0 Å². The molecule has 5 heteroatoms. The fraction of sp³-hybridized carbons (Fsp3) is 1.00. The van der Waals surface area contributed by atoms with Crippen LogP contribution >= 0.6 is 19.3 Å². The topological polar surface area (TPSA) is 29.5 Å². The molecule has 0 aromatic heterocycles. The Bertz CT molecular complexity index is 131. The van der Waals surface area contributed by atoms with Crippen LogP contribution in [0.3, 0.4) is 0 Å². The molecule has 0 spiro atoms. The summed E-state index contributed by atoms with van der Waals surface area (Å²) in [5, 5.41) is 9.58. The molecule has 11 heavy (non-hydrogen) atoms. The Labute approximate surface area is 81.3 Å². The van der Waals surface area contributed by atoms with Gasteiger partial charge in [0.05, 0.1) is 0 Å². The standard InChI is InChI=1S/C6H13O2.2ClH.Ga/c1-5(2,7)6(3,4)8;;;/h7H,1-4H3;2*1H;/q-1;;;+3/p-2. The fourth-order valence-corrected chi connectivity index (χ4v) is 4.22. The Morgan fingerprint density at radius 2 is 1.55 bits per heavy atom. The minimum atomic E-state index is -2.53. The third kappa shape index (κ3) is 4.06. The summed E-state index contributed by atoms with van der Waals surface area (Å²) >= 11 is -2.53. The van der Waals surface area contributed by atoms with E-state index in [-0.39, 0.29) is 0 Å². The van der Waals surface area contributed by atoms with Crippen LogP contribution in [0.25, 0.3) is 0 Å². The normalized spacial score (nSPS) is 13.4. The maximum absolute atomic E-state index is 9.58. The van der Waals surface area contributed by atoms with Crippen LogP contribution in [0, 0.1) is 0 Å². The van der Waals surface area contributed by atoms with Crippen molar-refractivity contribution >= 4 is 33.9 Å². The van der Waals surface area contributed by atoms with Gasteiger partial charge in [-0.1, -0.05) is 0 Å². The third-order valence-electron chi connectivity index (χ3n) is 1.86. The van der Waals surface area contributed by atoms with Gasteiger partial charge in [0.15, 0.2) is 0 Å².